The van der Waals surface area contributed by atoms with Gasteiger partial charge in [-0.05, 0) is 42.3 Å². The molecule has 1 atom stereocenters. The van der Waals surface area contributed by atoms with Gasteiger partial charge in [0.05, 0.1) is 17.7 Å². The first-order valence-electron chi connectivity index (χ1n) is 6.45. The molecule has 0 saturated carbocycles. The van der Waals surface area contributed by atoms with Crippen LogP contribution in [0.5, 0.6) is 5.75 Å². The quantitative estimate of drug-likeness (QED) is 0.897. The maximum absolute atomic E-state index is 13.1. The van der Waals surface area contributed by atoms with Crippen LogP contribution in [0, 0.1) is 5.82 Å². The third kappa shape index (κ3) is 3.71. The zero-order chi connectivity index (χ0) is 14.5. The normalized spacial score (nSPS) is 12.2. The largest absolute Gasteiger partial charge is 0.494 e. The minimum atomic E-state index is -0.683. The monoisotopic (exact) mass is 294 g/mol. The second-order valence-electron chi connectivity index (χ2n) is 4.47. The Morgan fingerprint density at radius 1 is 1.25 bits per heavy atom. The fourth-order valence-corrected chi connectivity index (χ4v) is 2.19. The molecule has 4 heteroatoms. The lowest BCUT2D eigenvalue weighted by Gasteiger charge is -2.13. The molecule has 2 nitrogen and oxygen atoms in total. The predicted octanol–water partition coefficient (Wildman–Crippen LogP) is 4.15. The summed E-state index contributed by atoms with van der Waals surface area (Å²) >= 11 is 5.73. The highest BCUT2D eigenvalue weighted by molar-refractivity contribution is 6.30. The standard InChI is InChI=1S/C16H16ClFO2/c1-2-20-13-5-3-4-12(10-13)16(19)9-11-6-7-15(18)14(17)8-11/h3-8,10,16,19H,2,9H2,1H3. The minimum absolute atomic E-state index is 0.0674. The molecular weight excluding hydrogens is 279 g/mol. The summed E-state index contributed by atoms with van der Waals surface area (Å²) in [5.74, 6) is 0.268. The summed E-state index contributed by atoms with van der Waals surface area (Å²) < 4.78 is 18.5. The highest BCUT2D eigenvalue weighted by Crippen LogP contribution is 2.24. The molecule has 0 heterocycles. The molecule has 2 aromatic carbocycles. The lowest BCUT2D eigenvalue weighted by Crippen LogP contribution is -2.03. The Morgan fingerprint density at radius 2 is 2.05 bits per heavy atom. The van der Waals surface area contributed by atoms with Crippen LogP contribution < -0.4 is 4.74 Å². The fraction of sp³-hybridized carbons (Fsp3) is 0.250. The maximum atomic E-state index is 13.1. The van der Waals surface area contributed by atoms with E-state index < -0.39 is 11.9 Å². The van der Waals surface area contributed by atoms with Gasteiger partial charge < -0.3 is 9.84 Å². The summed E-state index contributed by atoms with van der Waals surface area (Å²) in [6.45, 7) is 2.48. The van der Waals surface area contributed by atoms with Crippen molar-refractivity contribution in [2.75, 3.05) is 6.61 Å². The van der Waals surface area contributed by atoms with E-state index in [1.165, 1.54) is 12.1 Å². The fourth-order valence-electron chi connectivity index (χ4n) is 1.99. The molecule has 0 radical (unpaired) electrons. The molecule has 1 N–H and O–H groups in total. The van der Waals surface area contributed by atoms with Gasteiger partial charge in [0.15, 0.2) is 0 Å². The predicted molar refractivity (Wildman–Crippen MR) is 77.7 cm³/mol. The Bertz CT molecular complexity index is 586. The van der Waals surface area contributed by atoms with Crippen molar-refractivity contribution in [1.29, 1.82) is 0 Å². The molecule has 0 aliphatic rings. The molecule has 0 amide bonds. The van der Waals surface area contributed by atoms with Crippen molar-refractivity contribution in [3.63, 3.8) is 0 Å². The number of rotatable bonds is 5. The van der Waals surface area contributed by atoms with Crippen LogP contribution in [0.1, 0.15) is 24.2 Å². The molecule has 0 bridgehead atoms. The number of hydrogen-bond acceptors (Lipinski definition) is 2. The van der Waals surface area contributed by atoms with E-state index in [1.807, 2.05) is 25.1 Å². The molecule has 0 spiro atoms. The highest BCUT2D eigenvalue weighted by Gasteiger charge is 2.11. The molecule has 0 saturated heterocycles. The van der Waals surface area contributed by atoms with Gasteiger partial charge in [0, 0.05) is 6.42 Å². The van der Waals surface area contributed by atoms with Crippen LogP contribution in [0.4, 0.5) is 4.39 Å². The lowest BCUT2D eigenvalue weighted by molar-refractivity contribution is 0.178. The summed E-state index contributed by atoms with van der Waals surface area (Å²) in [6.07, 6.45) is -0.313. The Kier molecular flexibility index (Phi) is 4.99. The second kappa shape index (κ2) is 6.73. The number of aliphatic hydroxyl groups excluding tert-OH is 1. The molecule has 0 fully saturated rings. The summed E-state index contributed by atoms with van der Waals surface area (Å²) in [5, 5.41) is 10.3. The van der Waals surface area contributed by atoms with Crippen molar-refractivity contribution in [1.82, 2.24) is 0 Å². The average Bonchev–Trinajstić information content (AvgIpc) is 2.43. The number of hydrogen-bond donors (Lipinski definition) is 1. The van der Waals surface area contributed by atoms with Crippen LogP contribution in [0.15, 0.2) is 42.5 Å². The van der Waals surface area contributed by atoms with E-state index in [1.54, 1.807) is 12.1 Å². The van der Waals surface area contributed by atoms with Gasteiger partial charge in [-0.15, -0.1) is 0 Å². The van der Waals surface area contributed by atoms with Gasteiger partial charge in [-0.1, -0.05) is 29.8 Å². The Balaban J connectivity index is 2.12. The summed E-state index contributed by atoms with van der Waals surface area (Å²) in [7, 11) is 0. The third-order valence-electron chi connectivity index (χ3n) is 2.97. The number of halogens is 2. The molecule has 0 aliphatic heterocycles. The summed E-state index contributed by atoms with van der Waals surface area (Å²) in [4.78, 5) is 0. The van der Waals surface area contributed by atoms with E-state index in [-0.39, 0.29) is 5.02 Å². The van der Waals surface area contributed by atoms with Crippen molar-refractivity contribution in [2.45, 2.75) is 19.4 Å². The summed E-state index contributed by atoms with van der Waals surface area (Å²) in [5.41, 5.74) is 1.54. The third-order valence-corrected chi connectivity index (χ3v) is 3.26. The molecule has 0 aromatic heterocycles. The van der Waals surface area contributed by atoms with E-state index in [0.29, 0.717) is 13.0 Å². The topological polar surface area (TPSA) is 29.5 Å². The van der Waals surface area contributed by atoms with E-state index in [0.717, 1.165) is 16.9 Å². The smallest absolute Gasteiger partial charge is 0.141 e. The first kappa shape index (κ1) is 14.8. The van der Waals surface area contributed by atoms with Crippen LogP contribution >= 0.6 is 11.6 Å². The lowest BCUT2D eigenvalue weighted by atomic mass is 10.0. The average molecular weight is 295 g/mol. The van der Waals surface area contributed by atoms with Gasteiger partial charge in [-0.2, -0.15) is 0 Å². The van der Waals surface area contributed by atoms with Crippen molar-refractivity contribution in [3.05, 3.63) is 64.4 Å². The van der Waals surface area contributed by atoms with Gasteiger partial charge in [-0.25, -0.2) is 4.39 Å². The maximum Gasteiger partial charge on any atom is 0.141 e. The van der Waals surface area contributed by atoms with Gasteiger partial charge in [0.2, 0.25) is 0 Å². The first-order chi connectivity index (χ1) is 9.60. The number of aliphatic hydroxyl groups is 1. The van der Waals surface area contributed by atoms with Crippen molar-refractivity contribution in [2.24, 2.45) is 0 Å². The van der Waals surface area contributed by atoms with Crippen molar-refractivity contribution in [3.8, 4) is 5.75 Å². The van der Waals surface area contributed by atoms with Crippen molar-refractivity contribution < 1.29 is 14.2 Å². The van der Waals surface area contributed by atoms with Gasteiger partial charge in [-0.3, -0.25) is 0 Å². The zero-order valence-corrected chi connectivity index (χ0v) is 11.9. The van der Waals surface area contributed by atoms with Gasteiger partial charge in [0.1, 0.15) is 11.6 Å². The molecule has 2 aromatic rings. The summed E-state index contributed by atoms with van der Waals surface area (Å²) in [6, 6.07) is 11.8. The molecule has 106 valence electrons. The zero-order valence-electron chi connectivity index (χ0n) is 11.1. The number of benzene rings is 2. The highest BCUT2D eigenvalue weighted by atomic mass is 35.5. The Hall–Kier alpha value is -1.58. The number of ether oxygens (including phenoxy) is 1. The minimum Gasteiger partial charge on any atom is -0.494 e. The van der Waals surface area contributed by atoms with E-state index >= 15 is 0 Å². The van der Waals surface area contributed by atoms with Gasteiger partial charge >= 0.3 is 0 Å². The van der Waals surface area contributed by atoms with Gasteiger partial charge in [0.25, 0.3) is 0 Å². The Labute approximate surface area is 122 Å². The molecule has 20 heavy (non-hydrogen) atoms. The van der Waals surface area contributed by atoms with Crippen LogP contribution in [0.3, 0.4) is 0 Å². The first-order valence-corrected chi connectivity index (χ1v) is 6.82. The molecular formula is C16H16ClFO2. The van der Waals surface area contributed by atoms with E-state index in [2.05, 4.69) is 0 Å². The molecule has 2 rings (SSSR count). The molecule has 1 unspecified atom stereocenters. The Morgan fingerprint density at radius 3 is 2.75 bits per heavy atom. The molecule has 0 aliphatic carbocycles. The van der Waals surface area contributed by atoms with Crippen LogP contribution in [-0.4, -0.2) is 11.7 Å². The SMILES string of the molecule is CCOc1cccc(C(O)Cc2ccc(F)c(Cl)c2)c1. The van der Waals surface area contributed by atoms with Crippen molar-refractivity contribution >= 4 is 11.6 Å². The van der Waals surface area contributed by atoms with Crippen LogP contribution in [0.25, 0.3) is 0 Å². The van der Waals surface area contributed by atoms with Crippen LogP contribution in [-0.2, 0) is 6.42 Å². The van der Waals surface area contributed by atoms with E-state index in [4.69, 9.17) is 16.3 Å². The van der Waals surface area contributed by atoms with E-state index in [9.17, 15) is 9.50 Å². The second-order valence-corrected chi connectivity index (χ2v) is 4.88. The van der Waals surface area contributed by atoms with Crippen LogP contribution in [0.2, 0.25) is 5.02 Å².